The molecule has 0 bridgehead atoms. The molecule has 4 nitrogen and oxygen atoms in total. The van der Waals surface area contributed by atoms with Gasteiger partial charge in [0.05, 0.1) is 6.61 Å². The molecular formula is C11H11NO3S. The number of rotatable bonds is 2. The molecule has 1 heterocycles. The van der Waals surface area contributed by atoms with Crippen LogP contribution in [0.3, 0.4) is 0 Å². The molecule has 16 heavy (non-hydrogen) atoms. The van der Waals surface area contributed by atoms with Gasteiger partial charge >= 0.3 is 5.97 Å². The van der Waals surface area contributed by atoms with E-state index < -0.39 is 5.97 Å². The normalized spacial score (nSPS) is 10.6. The Morgan fingerprint density at radius 1 is 1.56 bits per heavy atom. The quantitative estimate of drug-likeness (QED) is 0.786. The monoisotopic (exact) mass is 237 g/mol. The fraction of sp³-hybridized carbons (Fsp3) is 0.182. The topological polar surface area (TPSA) is 72.5 Å². The average molecular weight is 237 g/mol. The van der Waals surface area contributed by atoms with Crippen LogP contribution in [-0.2, 0) is 4.74 Å². The van der Waals surface area contributed by atoms with Gasteiger partial charge in [-0.1, -0.05) is 0 Å². The highest BCUT2D eigenvalue weighted by Crippen LogP contribution is 2.35. The van der Waals surface area contributed by atoms with Crippen LogP contribution in [0.4, 0.5) is 5.00 Å². The molecule has 0 fully saturated rings. The number of esters is 1. The van der Waals surface area contributed by atoms with Crippen LogP contribution >= 0.6 is 11.3 Å². The number of carbonyl (C=O) groups is 1. The summed E-state index contributed by atoms with van der Waals surface area (Å²) >= 11 is 1.26. The average Bonchev–Trinajstić information content (AvgIpc) is 2.53. The lowest BCUT2D eigenvalue weighted by atomic mass is 10.1. The number of fused-ring (bicyclic) bond motifs is 1. The summed E-state index contributed by atoms with van der Waals surface area (Å²) in [5.74, 6) is -0.263. The first-order chi connectivity index (χ1) is 7.63. The molecule has 0 amide bonds. The van der Waals surface area contributed by atoms with Crippen molar-refractivity contribution in [2.24, 2.45) is 0 Å². The zero-order valence-corrected chi connectivity index (χ0v) is 9.50. The van der Waals surface area contributed by atoms with Gasteiger partial charge in [-0.15, -0.1) is 11.3 Å². The molecule has 5 heteroatoms. The van der Waals surface area contributed by atoms with Crippen molar-refractivity contribution >= 4 is 32.4 Å². The molecule has 0 atom stereocenters. The van der Waals surface area contributed by atoms with Crippen molar-refractivity contribution in [3.8, 4) is 5.75 Å². The Hall–Kier alpha value is -1.75. The molecule has 1 aromatic heterocycles. The molecule has 0 aliphatic rings. The summed E-state index contributed by atoms with van der Waals surface area (Å²) in [6.07, 6.45) is 0. The van der Waals surface area contributed by atoms with Crippen LogP contribution in [0.1, 0.15) is 17.3 Å². The summed E-state index contributed by atoms with van der Waals surface area (Å²) < 4.78 is 5.71. The minimum absolute atomic E-state index is 0.157. The number of phenolic OH excluding ortho intramolecular Hbond substituents is 1. The maximum absolute atomic E-state index is 11.7. The van der Waals surface area contributed by atoms with Gasteiger partial charge in [-0.2, -0.15) is 0 Å². The minimum Gasteiger partial charge on any atom is -0.508 e. The van der Waals surface area contributed by atoms with E-state index in [1.165, 1.54) is 17.4 Å². The highest BCUT2D eigenvalue weighted by molar-refractivity contribution is 7.23. The van der Waals surface area contributed by atoms with Crippen LogP contribution < -0.4 is 5.73 Å². The second-order valence-electron chi connectivity index (χ2n) is 3.24. The van der Waals surface area contributed by atoms with E-state index in [-0.39, 0.29) is 5.75 Å². The maximum atomic E-state index is 11.7. The number of nitrogen functional groups attached to an aromatic ring is 1. The van der Waals surface area contributed by atoms with Gasteiger partial charge in [0.15, 0.2) is 0 Å². The molecule has 0 aliphatic carbocycles. The Morgan fingerprint density at radius 2 is 2.31 bits per heavy atom. The summed E-state index contributed by atoms with van der Waals surface area (Å²) in [6, 6.07) is 4.78. The predicted molar refractivity (Wildman–Crippen MR) is 63.9 cm³/mol. The second kappa shape index (κ2) is 4.02. The standard InChI is InChI=1S/C11H11NO3S/c1-2-15-11(14)9-7-4-3-6(13)5-8(7)16-10(9)12/h3-5,13H,2,12H2,1H3. The van der Waals surface area contributed by atoms with Crippen LogP contribution in [0, 0.1) is 0 Å². The summed E-state index contributed by atoms with van der Waals surface area (Å²) in [5, 5.41) is 10.5. The highest BCUT2D eigenvalue weighted by atomic mass is 32.1. The molecule has 84 valence electrons. The van der Waals surface area contributed by atoms with Crippen LogP contribution in [-0.4, -0.2) is 17.7 Å². The number of thiophene rings is 1. The van der Waals surface area contributed by atoms with Gasteiger partial charge in [0.25, 0.3) is 0 Å². The molecule has 1 aromatic carbocycles. The molecular weight excluding hydrogens is 226 g/mol. The smallest absolute Gasteiger partial charge is 0.341 e. The van der Waals surface area contributed by atoms with Crippen LogP contribution in [0.5, 0.6) is 5.75 Å². The fourth-order valence-electron chi connectivity index (χ4n) is 1.52. The van der Waals surface area contributed by atoms with Gasteiger partial charge in [-0.25, -0.2) is 4.79 Å². The van der Waals surface area contributed by atoms with Crippen molar-refractivity contribution in [3.05, 3.63) is 23.8 Å². The fourth-order valence-corrected chi connectivity index (χ4v) is 2.51. The van der Waals surface area contributed by atoms with E-state index in [9.17, 15) is 9.90 Å². The zero-order valence-electron chi connectivity index (χ0n) is 8.69. The van der Waals surface area contributed by atoms with Crippen LogP contribution in [0.15, 0.2) is 18.2 Å². The number of phenols is 1. The third kappa shape index (κ3) is 1.69. The third-order valence-electron chi connectivity index (χ3n) is 2.18. The van der Waals surface area contributed by atoms with Gasteiger partial charge < -0.3 is 15.6 Å². The highest BCUT2D eigenvalue weighted by Gasteiger charge is 2.18. The molecule has 2 rings (SSSR count). The van der Waals surface area contributed by atoms with E-state index in [2.05, 4.69) is 0 Å². The number of carbonyl (C=O) groups excluding carboxylic acids is 1. The first-order valence-electron chi connectivity index (χ1n) is 4.81. The number of nitrogens with two attached hydrogens (primary N) is 1. The van der Waals surface area contributed by atoms with E-state index in [1.807, 2.05) is 0 Å². The first kappa shape index (κ1) is 10.8. The number of aromatic hydroxyl groups is 1. The Morgan fingerprint density at radius 3 is 3.00 bits per heavy atom. The molecule has 0 aliphatic heterocycles. The van der Waals surface area contributed by atoms with Crippen molar-refractivity contribution in [2.75, 3.05) is 12.3 Å². The van der Waals surface area contributed by atoms with Crippen molar-refractivity contribution in [1.29, 1.82) is 0 Å². The lowest BCUT2D eigenvalue weighted by Crippen LogP contribution is -2.05. The van der Waals surface area contributed by atoms with Crippen molar-refractivity contribution in [1.82, 2.24) is 0 Å². The van der Waals surface area contributed by atoms with E-state index >= 15 is 0 Å². The minimum atomic E-state index is -0.420. The summed E-state index contributed by atoms with van der Waals surface area (Å²) in [6.45, 7) is 2.06. The Bertz CT molecular complexity index is 547. The predicted octanol–water partition coefficient (Wildman–Crippen LogP) is 2.37. The van der Waals surface area contributed by atoms with Crippen molar-refractivity contribution < 1.29 is 14.6 Å². The van der Waals surface area contributed by atoms with E-state index in [0.29, 0.717) is 17.2 Å². The zero-order chi connectivity index (χ0) is 11.7. The van der Waals surface area contributed by atoms with E-state index in [1.54, 1.807) is 19.1 Å². The summed E-state index contributed by atoms with van der Waals surface area (Å²) in [4.78, 5) is 11.7. The maximum Gasteiger partial charge on any atom is 0.341 e. The third-order valence-corrected chi connectivity index (χ3v) is 3.16. The molecule has 0 radical (unpaired) electrons. The van der Waals surface area contributed by atoms with Gasteiger partial charge in [-0.05, 0) is 25.1 Å². The molecule has 0 saturated carbocycles. The summed E-state index contributed by atoms with van der Waals surface area (Å²) in [5.41, 5.74) is 6.16. The number of hydrogen-bond acceptors (Lipinski definition) is 5. The van der Waals surface area contributed by atoms with Gasteiger partial charge in [0.2, 0.25) is 0 Å². The SMILES string of the molecule is CCOC(=O)c1c(N)sc2cc(O)ccc12. The van der Waals surface area contributed by atoms with E-state index in [4.69, 9.17) is 10.5 Å². The largest absolute Gasteiger partial charge is 0.508 e. The number of benzene rings is 1. The Balaban J connectivity index is 2.60. The van der Waals surface area contributed by atoms with Gasteiger partial charge in [0, 0.05) is 10.1 Å². The first-order valence-corrected chi connectivity index (χ1v) is 5.63. The number of hydrogen-bond donors (Lipinski definition) is 2. The number of anilines is 1. The van der Waals surface area contributed by atoms with Gasteiger partial charge in [-0.3, -0.25) is 0 Å². The number of ether oxygens (including phenoxy) is 1. The van der Waals surface area contributed by atoms with Crippen LogP contribution in [0.2, 0.25) is 0 Å². The molecule has 0 spiro atoms. The molecule has 0 saturated heterocycles. The molecule has 0 unspecified atom stereocenters. The van der Waals surface area contributed by atoms with E-state index in [0.717, 1.165) is 10.1 Å². The Labute approximate surface area is 96.3 Å². The van der Waals surface area contributed by atoms with Crippen molar-refractivity contribution in [2.45, 2.75) is 6.92 Å². The molecule has 2 aromatic rings. The Kier molecular flexibility index (Phi) is 2.70. The second-order valence-corrected chi connectivity index (χ2v) is 4.33. The summed E-state index contributed by atoms with van der Waals surface area (Å²) in [7, 11) is 0. The lowest BCUT2D eigenvalue weighted by Gasteiger charge is -2.01. The lowest BCUT2D eigenvalue weighted by molar-refractivity contribution is 0.0530. The molecule has 3 N–H and O–H groups in total. The van der Waals surface area contributed by atoms with Crippen LogP contribution in [0.25, 0.3) is 10.1 Å². The van der Waals surface area contributed by atoms with Gasteiger partial charge in [0.1, 0.15) is 16.3 Å². The van der Waals surface area contributed by atoms with Crippen molar-refractivity contribution in [3.63, 3.8) is 0 Å².